The van der Waals surface area contributed by atoms with Gasteiger partial charge in [-0.3, -0.25) is 0 Å². The van der Waals surface area contributed by atoms with E-state index in [0.29, 0.717) is 11.5 Å². The fourth-order valence-electron chi connectivity index (χ4n) is 8.73. The quantitative estimate of drug-likeness (QED) is 0.0917. The van der Waals surface area contributed by atoms with Crippen molar-refractivity contribution in [3.8, 4) is 28.4 Å². The Bertz CT molecular complexity index is 2340. The van der Waals surface area contributed by atoms with Crippen LogP contribution in [-0.4, -0.2) is 14.0 Å². The number of fused-ring (bicyclic) bond motifs is 3. The minimum absolute atomic E-state index is 0.00766. The van der Waals surface area contributed by atoms with Crippen LogP contribution < -0.4 is 9.47 Å². The first-order chi connectivity index (χ1) is 27.4. The second-order valence-corrected chi connectivity index (χ2v) is 18.7. The van der Waals surface area contributed by atoms with Gasteiger partial charge in [-0.25, -0.2) is 8.42 Å². The van der Waals surface area contributed by atoms with E-state index in [9.17, 15) is 8.42 Å². The summed E-state index contributed by atoms with van der Waals surface area (Å²) in [5, 5.41) is 0. The molecule has 0 radical (unpaired) electrons. The zero-order valence-corrected chi connectivity index (χ0v) is 35.2. The summed E-state index contributed by atoms with van der Waals surface area (Å²) in [6.07, 6.45) is 8.00. The lowest BCUT2D eigenvalue weighted by atomic mass is 9.68. The first-order valence-electron chi connectivity index (χ1n) is 20.6. The zero-order valence-electron chi connectivity index (χ0n) is 34.3. The monoisotopic (exact) mass is 776 g/mol. The second kappa shape index (κ2) is 16.4. The van der Waals surface area contributed by atoms with Crippen LogP contribution in [-0.2, 0) is 20.7 Å². The molecule has 0 fully saturated rings. The third kappa shape index (κ3) is 8.05. The highest BCUT2D eigenvalue weighted by Gasteiger charge is 2.46. The van der Waals surface area contributed by atoms with Gasteiger partial charge in [-0.05, 0) is 138 Å². The van der Waals surface area contributed by atoms with Gasteiger partial charge in [0.15, 0.2) is 0 Å². The molecule has 6 aromatic carbocycles. The van der Waals surface area contributed by atoms with Crippen molar-refractivity contribution in [1.82, 2.24) is 0 Å². The van der Waals surface area contributed by atoms with E-state index in [1.165, 1.54) is 41.5 Å². The number of benzene rings is 6. The van der Waals surface area contributed by atoms with E-state index in [1.54, 1.807) is 36.4 Å². The van der Waals surface area contributed by atoms with E-state index < -0.39 is 15.3 Å². The first-order valence-corrected chi connectivity index (χ1v) is 22.1. The van der Waals surface area contributed by atoms with Crippen LogP contribution in [0.3, 0.4) is 0 Å². The summed E-state index contributed by atoms with van der Waals surface area (Å²) in [6.45, 7) is 13.2. The Kier molecular flexibility index (Phi) is 11.5. The molecule has 0 amide bonds. The maximum Gasteiger partial charge on any atom is 0.206 e. The van der Waals surface area contributed by atoms with Gasteiger partial charge >= 0.3 is 0 Å². The molecule has 7 rings (SSSR count). The van der Waals surface area contributed by atoms with Crippen molar-refractivity contribution >= 4 is 9.84 Å². The molecular weight excluding hydrogens is 721 g/mol. The van der Waals surface area contributed by atoms with E-state index in [2.05, 4.69) is 126 Å². The Hall–Kier alpha value is -5.13. The summed E-state index contributed by atoms with van der Waals surface area (Å²) in [6, 6.07) is 48.5. The number of hydrogen-bond donors (Lipinski definition) is 0. The van der Waals surface area contributed by atoms with Crippen LogP contribution in [0.4, 0.5) is 0 Å². The van der Waals surface area contributed by atoms with Crippen molar-refractivity contribution in [2.45, 2.75) is 113 Å². The molecule has 0 N–H and O–H groups in total. The van der Waals surface area contributed by atoms with Gasteiger partial charge in [0, 0.05) is 0 Å². The van der Waals surface area contributed by atoms with Crippen molar-refractivity contribution in [2.24, 2.45) is 0 Å². The molecule has 1 aliphatic carbocycles. The fourth-order valence-corrected chi connectivity index (χ4v) is 9.99. The molecule has 57 heavy (non-hydrogen) atoms. The van der Waals surface area contributed by atoms with Crippen LogP contribution >= 0.6 is 0 Å². The smallest absolute Gasteiger partial charge is 0.206 e. The van der Waals surface area contributed by atoms with Crippen LogP contribution in [0.2, 0.25) is 0 Å². The molecule has 1 aliphatic rings. The summed E-state index contributed by atoms with van der Waals surface area (Å²) in [5.41, 5.74) is 7.55. The zero-order chi connectivity index (χ0) is 40.3. The van der Waals surface area contributed by atoms with Gasteiger partial charge in [0.25, 0.3) is 0 Å². The van der Waals surface area contributed by atoms with E-state index in [-0.39, 0.29) is 20.8 Å². The Morgan fingerprint density at radius 2 is 0.982 bits per heavy atom. The average Bonchev–Trinajstić information content (AvgIpc) is 3.51. The summed E-state index contributed by atoms with van der Waals surface area (Å²) in [7, 11) is -3.68. The van der Waals surface area contributed by atoms with Gasteiger partial charge in [-0.15, -0.1) is 0 Å². The SMILES string of the molecule is CCCCCCC(C)(C)Oc1ccc(C2(c3ccc(Oc4ccc(S(=O)(=O)c5ccc(C(C)(C)CCC)cc5)cc4)cc3)c3ccccc3-c3ccccc32)cc1. The largest absolute Gasteiger partial charge is 0.488 e. The molecule has 0 aliphatic heterocycles. The fraction of sp³-hybridized carbons (Fsp3) is 0.308. The summed E-state index contributed by atoms with van der Waals surface area (Å²) >= 11 is 0. The van der Waals surface area contributed by atoms with Crippen molar-refractivity contribution in [2.75, 3.05) is 0 Å². The summed E-state index contributed by atoms with van der Waals surface area (Å²) in [5.74, 6) is 2.11. The third-order valence-electron chi connectivity index (χ3n) is 11.7. The van der Waals surface area contributed by atoms with Crippen molar-refractivity contribution in [3.63, 3.8) is 0 Å². The second-order valence-electron chi connectivity index (χ2n) is 16.8. The topological polar surface area (TPSA) is 52.6 Å². The van der Waals surface area contributed by atoms with E-state index in [0.717, 1.165) is 48.1 Å². The normalized spacial score (nSPS) is 13.5. The lowest BCUT2D eigenvalue weighted by molar-refractivity contribution is 0.0961. The molecule has 0 saturated heterocycles. The van der Waals surface area contributed by atoms with Crippen molar-refractivity contribution < 1.29 is 17.9 Å². The van der Waals surface area contributed by atoms with E-state index >= 15 is 0 Å². The molecule has 0 saturated carbocycles. The minimum Gasteiger partial charge on any atom is -0.488 e. The van der Waals surface area contributed by atoms with E-state index in [4.69, 9.17) is 9.47 Å². The van der Waals surface area contributed by atoms with Crippen LogP contribution in [0.5, 0.6) is 17.2 Å². The lowest BCUT2D eigenvalue weighted by Crippen LogP contribution is -2.29. The maximum absolute atomic E-state index is 13.6. The van der Waals surface area contributed by atoms with Gasteiger partial charge in [0.1, 0.15) is 22.8 Å². The number of rotatable bonds is 16. The highest BCUT2D eigenvalue weighted by atomic mass is 32.2. The number of sulfone groups is 1. The van der Waals surface area contributed by atoms with Gasteiger partial charge in [0.2, 0.25) is 9.84 Å². The number of unbranched alkanes of at least 4 members (excludes halogenated alkanes) is 3. The molecular formula is C52H56O4S. The van der Waals surface area contributed by atoms with Crippen LogP contribution in [0, 0.1) is 0 Å². The Morgan fingerprint density at radius 1 is 0.509 bits per heavy atom. The van der Waals surface area contributed by atoms with Gasteiger partial charge in [-0.2, -0.15) is 0 Å². The lowest BCUT2D eigenvalue weighted by Gasteiger charge is -2.34. The average molecular weight is 777 g/mol. The Labute approximate surface area is 340 Å². The van der Waals surface area contributed by atoms with Crippen LogP contribution in [0.15, 0.2) is 155 Å². The maximum atomic E-state index is 13.6. The summed E-state index contributed by atoms with van der Waals surface area (Å²) in [4.78, 5) is 0.522. The molecule has 0 heterocycles. The Balaban J connectivity index is 1.16. The standard InChI is InChI=1S/C52H56O4S/c1-7-9-10-15-37-51(5,6)56-43-28-22-40(23-29-43)52(48-18-13-11-16-46(48)47-17-12-14-19-49(47)52)39-20-26-41(27-21-39)55-42-30-34-45(35-31-42)57(53,54)44-32-24-38(25-33-44)50(3,4)36-8-2/h11-14,16-35H,7-10,15,36-37H2,1-6H3. The molecule has 0 spiro atoms. The van der Waals surface area contributed by atoms with Crippen molar-refractivity contribution in [3.05, 3.63) is 173 Å². The Morgan fingerprint density at radius 3 is 1.49 bits per heavy atom. The summed E-state index contributed by atoms with van der Waals surface area (Å²) < 4.78 is 40.0. The molecule has 6 aromatic rings. The highest BCUT2D eigenvalue weighted by Crippen LogP contribution is 2.56. The van der Waals surface area contributed by atoms with Gasteiger partial charge in [-0.1, -0.05) is 138 Å². The van der Waals surface area contributed by atoms with Crippen LogP contribution in [0.1, 0.15) is 114 Å². The minimum atomic E-state index is -3.68. The first kappa shape index (κ1) is 40.1. The molecule has 4 nitrogen and oxygen atoms in total. The predicted molar refractivity (Wildman–Crippen MR) is 234 cm³/mol. The molecule has 0 atom stereocenters. The van der Waals surface area contributed by atoms with Gasteiger partial charge < -0.3 is 9.47 Å². The third-order valence-corrected chi connectivity index (χ3v) is 13.5. The van der Waals surface area contributed by atoms with E-state index in [1.807, 2.05) is 24.3 Å². The van der Waals surface area contributed by atoms with Crippen LogP contribution in [0.25, 0.3) is 11.1 Å². The van der Waals surface area contributed by atoms with Crippen molar-refractivity contribution in [1.29, 1.82) is 0 Å². The number of hydrogen-bond acceptors (Lipinski definition) is 4. The molecule has 0 aromatic heterocycles. The molecule has 0 bridgehead atoms. The number of ether oxygens (including phenoxy) is 2. The molecule has 5 heteroatoms. The molecule has 294 valence electrons. The highest BCUT2D eigenvalue weighted by molar-refractivity contribution is 7.91. The molecule has 0 unspecified atom stereocenters. The predicted octanol–water partition coefficient (Wildman–Crippen LogP) is 13.9. The van der Waals surface area contributed by atoms with Gasteiger partial charge in [0.05, 0.1) is 15.2 Å².